The van der Waals surface area contributed by atoms with Gasteiger partial charge in [-0.05, 0) is 89.9 Å². The number of nitrogens with zero attached hydrogens (tertiary/aromatic N) is 2. The number of nitrogens with two attached hydrogens (primary N) is 1. The molecule has 270 valence electrons. The molecule has 0 radical (unpaired) electrons. The smallest absolute Gasteiger partial charge is 0.870 e. The molecule has 12 heteroatoms. The fourth-order valence-electron chi connectivity index (χ4n) is 8.02. The number of nitriles is 2. The molecule has 49 heavy (non-hydrogen) atoms. The Labute approximate surface area is 335 Å². The number of carboxylic acids is 1. The van der Waals surface area contributed by atoms with Crippen molar-refractivity contribution in [2.45, 2.75) is 118 Å². The zero-order valence-corrected chi connectivity index (χ0v) is 33.7. The summed E-state index contributed by atoms with van der Waals surface area (Å²) in [4.78, 5) is 35.3. The van der Waals surface area contributed by atoms with Crippen LogP contribution < -0.4 is 57.1 Å². The van der Waals surface area contributed by atoms with Crippen LogP contribution >= 0.6 is 0 Å². The molecule has 11 nitrogen and oxygen atoms in total. The number of carboxylic acid groups (broad SMARTS) is 1. The van der Waals surface area contributed by atoms with E-state index in [1.807, 2.05) is 0 Å². The van der Waals surface area contributed by atoms with Gasteiger partial charge in [-0.15, -0.1) is 0 Å². The van der Waals surface area contributed by atoms with Crippen LogP contribution in [-0.4, -0.2) is 59.5 Å². The number of fused-ring (bicyclic) bond motifs is 2. The van der Waals surface area contributed by atoms with Gasteiger partial charge in [0, 0.05) is 18.6 Å². The van der Waals surface area contributed by atoms with E-state index in [0.717, 1.165) is 32.1 Å². The Bertz CT molecular complexity index is 1200. The molecule has 0 heterocycles. The monoisotopic (exact) mass is 711 g/mol. The molecule has 3 saturated carbocycles. The first-order valence-electron chi connectivity index (χ1n) is 17.6. The Morgan fingerprint density at radius 1 is 0.878 bits per heavy atom. The van der Waals surface area contributed by atoms with Gasteiger partial charge in [0.15, 0.2) is 5.92 Å². The number of carbonyl (C=O) groups is 3. The van der Waals surface area contributed by atoms with E-state index in [2.05, 4.69) is 38.1 Å². The standard InChI is InChI=1S/C17H23NO4.C12H15NO2.C6H13N.C2H6O.K.H2O/c1-4-11-7-12-9-17(10-18,13(12)8-11)14(15(19)21-5-2)16(20)22-6-3;1-2-8-3-9-5-12(7-13,6-11(14)15)10(9)4-8;7-6-4-2-1-3-5-6;1-2-3;;/h8,12-14H,4-7,9H2,1-3H3;4,9-10H,2-3,5-6H2,1H3,(H,14,15);6H,1-5,7H2;3H,2H2,1H3;;1H2/q;;;;+1;/p-1/t12-,13-,17-;9-,10-,12-;;;;/m11..../s1. The average molecular weight is 712 g/mol. The molecule has 5 N–H and O–H groups in total. The zero-order chi connectivity index (χ0) is 35.2. The Morgan fingerprint density at radius 2 is 1.35 bits per heavy atom. The quantitative estimate of drug-likeness (QED) is 0.137. The van der Waals surface area contributed by atoms with Gasteiger partial charge in [-0.3, -0.25) is 14.4 Å². The molecular weight excluding hydrogens is 654 g/mol. The number of hydrogen-bond acceptors (Lipinski definition) is 10. The average Bonchev–Trinajstić information content (AvgIpc) is 3.57. The molecule has 5 aliphatic rings. The Balaban J connectivity index is 0.000000736. The summed E-state index contributed by atoms with van der Waals surface area (Å²) < 4.78 is 10.1. The van der Waals surface area contributed by atoms with E-state index in [4.69, 9.17) is 30.7 Å². The molecule has 0 aliphatic heterocycles. The van der Waals surface area contributed by atoms with Gasteiger partial charge in [-0.2, -0.15) is 10.5 Å². The van der Waals surface area contributed by atoms with Gasteiger partial charge in [0.2, 0.25) is 0 Å². The summed E-state index contributed by atoms with van der Waals surface area (Å²) >= 11 is 0. The summed E-state index contributed by atoms with van der Waals surface area (Å²) in [5.74, 6) is -2.22. The van der Waals surface area contributed by atoms with Crippen molar-refractivity contribution in [1.82, 2.24) is 0 Å². The topological polar surface area (TPSA) is 214 Å². The van der Waals surface area contributed by atoms with E-state index < -0.39 is 34.7 Å². The van der Waals surface area contributed by atoms with Crippen molar-refractivity contribution in [2.24, 2.45) is 46.2 Å². The van der Waals surface area contributed by atoms with Crippen molar-refractivity contribution < 1.29 is 90.9 Å². The van der Waals surface area contributed by atoms with Crippen LogP contribution in [0.5, 0.6) is 0 Å². The molecule has 0 unspecified atom stereocenters. The Kier molecular flexibility index (Phi) is 22.3. The summed E-state index contributed by atoms with van der Waals surface area (Å²) in [5, 5.41) is 35.3. The second-order valence-electron chi connectivity index (χ2n) is 13.4. The van der Waals surface area contributed by atoms with Gasteiger partial charge < -0.3 is 30.9 Å². The zero-order valence-electron chi connectivity index (χ0n) is 30.6. The van der Waals surface area contributed by atoms with Crippen molar-refractivity contribution in [3.8, 4) is 12.1 Å². The third-order valence-electron chi connectivity index (χ3n) is 10.4. The van der Waals surface area contributed by atoms with Gasteiger partial charge in [0.05, 0.1) is 42.6 Å². The van der Waals surface area contributed by atoms with Crippen LogP contribution in [-0.2, 0) is 23.9 Å². The predicted octanol–water partition coefficient (Wildman–Crippen LogP) is 3.07. The molecule has 0 amide bonds. The molecule has 0 aromatic heterocycles. The number of aliphatic hydroxyl groups is 1. The molecule has 0 spiro atoms. The van der Waals surface area contributed by atoms with E-state index in [-0.39, 0.29) is 94.9 Å². The maximum Gasteiger partial charge on any atom is 1.00 e. The minimum atomic E-state index is -1.15. The largest absolute Gasteiger partial charge is 1.00 e. The number of hydrogen-bond donors (Lipinski definition) is 3. The van der Waals surface area contributed by atoms with Gasteiger partial charge in [-0.25, -0.2) is 0 Å². The summed E-state index contributed by atoms with van der Waals surface area (Å²) in [5.41, 5.74) is 6.72. The number of aliphatic carboxylic acids is 1. The fraction of sp³-hybridized carbons (Fsp3) is 0.757. The van der Waals surface area contributed by atoms with Crippen LogP contribution in [0, 0.1) is 63.1 Å². The molecule has 5 rings (SSSR count). The third kappa shape index (κ3) is 12.0. The van der Waals surface area contributed by atoms with Crippen LogP contribution in [0.4, 0.5) is 0 Å². The van der Waals surface area contributed by atoms with Crippen molar-refractivity contribution in [2.75, 3.05) is 19.8 Å². The van der Waals surface area contributed by atoms with Crippen LogP contribution in [0.1, 0.15) is 112 Å². The van der Waals surface area contributed by atoms with Gasteiger partial charge in [0.1, 0.15) is 0 Å². The molecule has 0 bridgehead atoms. The summed E-state index contributed by atoms with van der Waals surface area (Å²) in [7, 11) is 0. The maximum absolute atomic E-state index is 12.3. The van der Waals surface area contributed by atoms with E-state index in [1.165, 1.54) is 43.3 Å². The second kappa shape index (κ2) is 23.0. The van der Waals surface area contributed by atoms with Crippen LogP contribution in [0.15, 0.2) is 23.3 Å². The number of allylic oxidation sites excluding steroid dienone is 4. The van der Waals surface area contributed by atoms with Gasteiger partial charge >= 0.3 is 69.3 Å². The van der Waals surface area contributed by atoms with E-state index >= 15 is 0 Å². The maximum atomic E-state index is 12.3. The summed E-state index contributed by atoms with van der Waals surface area (Å²) in [6.45, 7) is 9.86. The van der Waals surface area contributed by atoms with Crippen molar-refractivity contribution in [3.63, 3.8) is 0 Å². The molecule has 0 aromatic carbocycles. The van der Waals surface area contributed by atoms with Crippen molar-refractivity contribution in [3.05, 3.63) is 23.3 Å². The molecule has 5 aliphatic carbocycles. The SMILES string of the molecule is CCC1=C[C@@H]2[C@H](C1)C[C@]2(C#N)CC(=O)O.CCO.CCOC(=O)C(C(=O)OCC)[C@@]1(C#N)C[C@H]2CC(CC)=C[C@H]21.NC1CCCCC1.[K+].[OH-]. The summed E-state index contributed by atoms with van der Waals surface area (Å²) in [6.07, 6.45) is 16.2. The summed E-state index contributed by atoms with van der Waals surface area (Å²) in [6, 6.07) is 5.04. The third-order valence-corrected chi connectivity index (χ3v) is 10.4. The Morgan fingerprint density at radius 3 is 1.71 bits per heavy atom. The van der Waals surface area contributed by atoms with E-state index in [0.29, 0.717) is 24.3 Å². The Hall–Kier alpha value is -1.61. The molecule has 6 atom stereocenters. The van der Waals surface area contributed by atoms with Crippen LogP contribution in [0.25, 0.3) is 0 Å². The minimum absolute atomic E-state index is 0. The first-order valence-corrected chi connectivity index (χ1v) is 17.6. The van der Waals surface area contributed by atoms with Crippen molar-refractivity contribution in [1.29, 1.82) is 10.5 Å². The first-order chi connectivity index (χ1) is 22.5. The van der Waals surface area contributed by atoms with Gasteiger partial charge in [0.25, 0.3) is 0 Å². The molecule has 0 saturated heterocycles. The molecule has 3 fully saturated rings. The fourth-order valence-corrected chi connectivity index (χ4v) is 8.02. The van der Waals surface area contributed by atoms with E-state index in [1.54, 1.807) is 20.8 Å². The first kappa shape index (κ1) is 47.4. The number of carbonyl (C=O) groups excluding carboxylic acids is 2. The van der Waals surface area contributed by atoms with Crippen LogP contribution in [0.2, 0.25) is 0 Å². The number of rotatable bonds is 9. The number of aliphatic hydroxyl groups excluding tert-OH is 1. The normalized spacial score (nSPS) is 28.5. The predicted molar refractivity (Wildman–Crippen MR) is 180 cm³/mol. The minimum Gasteiger partial charge on any atom is -0.870 e. The van der Waals surface area contributed by atoms with Gasteiger partial charge in [-0.1, -0.05) is 56.4 Å². The second-order valence-corrected chi connectivity index (χ2v) is 13.4. The van der Waals surface area contributed by atoms with E-state index in [9.17, 15) is 19.6 Å². The van der Waals surface area contributed by atoms with Crippen LogP contribution in [0.3, 0.4) is 0 Å². The molecule has 0 aromatic rings. The van der Waals surface area contributed by atoms with Crippen molar-refractivity contribution >= 4 is 17.9 Å². The molecular formula is C37H58KN3O8. The number of esters is 2. The number of ether oxygens (including phenoxy) is 2.